The van der Waals surface area contributed by atoms with Gasteiger partial charge in [-0.05, 0) is 25.0 Å². The predicted molar refractivity (Wildman–Crippen MR) is 94.5 cm³/mol. The summed E-state index contributed by atoms with van der Waals surface area (Å²) in [6, 6.07) is 9.93. The van der Waals surface area contributed by atoms with E-state index in [1.807, 2.05) is 43.6 Å². The van der Waals surface area contributed by atoms with E-state index >= 15 is 0 Å². The third-order valence-corrected chi connectivity index (χ3v) is 5.71. The zero-order valence-electron chi connectivity index (χ0n) is 13.7. The molecule has 6 nitrogen and oxygen atoms in total. The molecule has 1 aromatic heterocycles. The summed E-state index contributed by atoms with van der Waals surface area (Å²) in [5.41, 5.74) is 1.94. The smallest absolute Gasteiger partial charge is 0.317 e. The molecule has 7 heteroatoms. The first-order valence-electron chi connectivity index (χ1n) is 8.08. The van der Waals surface area contributed by atoms with Gasteiger partial charge in [0.25, 0.3) is 0 Å². The first-order valence-corrected chi connectivity index (χ1v) is 9.57. The van der Waals surface area contributed by atoms with Crippen molar-refractivity contribution in [3.05, 3.63) is 48.3 Å². The molecule has 1 fully saturated rings. The summed E-state index contributed by atoms with van der Waals surface area (Å²) in [7, 11) is 1.10. The molecule has 2 heterocycles. The van der Waals surface area contributed by atoms with E-state index in [1.165, 1.54) is 0 Å². The molecule has 0 radical (unpaired) electrons. The van der Waals surface area contributed by atoms with Crippen molar-refractivity contribution in [2.24, 2.45) is 0 Å². The van der Waals surface area contributed by atoms with Crippen molar-refractivity contribution in [1.82, 2.24) is 20.0 Å². The SMILES string of the molecule is CN(C(=O)NCc1cnn(-c2ccccc2)c1)C1CCS(=O)CC1. The summed E-state index contributed by atoms with van der Waals surface area (Å²) in [5.74, 6) is 1.37. The maximum atomic E-state index is 12.3. The largest absolute Gasteiger partial charge is 0.334 e. The van der Waals surface area contributed by atoms with E-state index in [-0.39, 0.29) is 12.1 Å². The molecule has 0 aliphatic carbocycles. The van der Waals surface area contributed by atoms with Crippen molar-refractivity contribution in [1.29, 1.82) is 0 Å². The molecule has 0 unspecified atom stereocenters. The van der Waals surface area contributed by atoms with E-state index in [9.17, 15) is 9.00 Å². The Morgan fingerprint density at radius 1 is 1.33 bits per heavy atom. The maximum Gasteiger partial charge on any atom is 0.317 e. The highest BCUT2D eigenvalue weighted by Crippen LogP contribution is 2.15. The molecule has 2 amide bonds. The second kappa shape index (κ2) is 7.61. The summed E-state index contributed by atoms with van der Waals surface area (Å²) >= 11 is 0. The van der Waals surface area contributed by atoms with E-state index in [4.69, 9.17) is 0 Å². The highest BCUT2D eigenvalue weighted by Gasteiger charge is 2.24. The van der Waals surface area contributed by atoms with Crippen molar-refractivity contribution in [2.75, 3.05) is 18.6 Å². The number of para-hydroxylation sites is 1. The number of rotatable bonds is 4. The van der Waals surface area contributed by atoms with E-state index in [0.29, 0.717) is 18.1 Å². The number of benzene rings is 1. The van der Waals surface area contributed by atoms with Crippen LogP contribution in [-0.2, 0) is 17.3 Å². The monoisotopic (exact) mass is 346 g/mol. The van der Waals surface area contributed by atoms with E-state index in [0.717, 1.165) is 24.1 Å². The highest BCUT2D eigenvalue weighted by atomic mass is 32.2. The van der Waals surface area contributed by atoms with Crippen LogP contribution in [0.4, 0.5) is 4.79 Å². The number of urea groups is 1. The number of hydrogen-bond donors (Lipinski definition) is 1. The zero-order chi connectivity index (χ0) is 16.9. The number of nitrogens with zero attached hydrogens (tertiary/aromatic N) is 3. The first kappa shape index (κ1) is 16.7. The molecule has 1 aromatic carbocycles. The van der Waals surface area contributed by atoms with Crippen molar-refractivity contribution in [3.63, 3.8) is 0 Å². The van der Waals surface area contributed by atoms with Crippen LogP contribution >= 0.6 is 0 Å². The number of hydrogen-bond acceptors (Lipinski definition) is 3. The Bertz CT molecular complexity index is 706. The van der Waals surface area contributed by atoms with Crippen molar-refractivity contribution in [3.8, 4) is 5.69 Å². The molecule has 1 saturated heterocycles. The average molecular weight is 346 g/mol. The Hall–Kier alpha value is -2.15. The van der Waals surface area contributed by atoms with E-state index in [1.54, 1.807) is 15.8 Å². The van der Waals surface area contributed by atoms with Gasteiger partial charge in [0.15, 0.2) is 0 Å². The predicted octanol–water partition coefficient (Wildman–Crippen LogP) is 1.92. The average Bonchev–Trinajstić information content (AvgIpc) is 3.09. The van der Waals surface area contributed by atoms with Crippen LogP contribution in [0, 0.1) is 0 Å². The van der Waals surface area contributed by atoms with Gasteiger partial charge in [0, 0.05) is 53.7 Å². The Labute approximate surface area is 144 Å². The Balaban J connectivity index is 1.53. The fraction of sp³-hybridized carbons (Fsp3) is 0.412. The normalized spacial score (nSPS) is 20.5. The molecule has 1 aliphatic heterocycles. The molecule has 1 aliphatic rings. The summed E-state index contributed by atoms with van der Waals surface area (Å²) in [6.07, 6.45) is 5.29. The third kappa shape index (κ3) is 4.03. The lowest BCUT2D eigenvalue weighted by Crippen LogP contribution is -2.45. The van der Waals surface area contributed by atoms with Gasteiger partial charge in [-0.3, -0.25) is 4.21 Å². The summed E-state index contributed by atoms with van der Waals surface area (Å²) < 4.78 is 13.2. The van der Waals surface area contributed by atoms with Crippen LogP contribution in [0.15, 0.2) is 42.7 Å². The molecule has 0 atom stereocenters. The van der Waals surface area contributed by atoms with Crippen LogP contribution in [0.25, 0.3) is 5.69 Å². The molecule has 0 saturated carbocycles. The van der Waals surface area contributed by atoms with Gasteiger partial charge in [-0.15, -0.1) is 0 Å². The third-order valence-electron chi connectivity index (χ3n) is 4.33. The fourth-order valence-electron chi connectivity index (χ4n) is 2.81. The number of nitrogens with one attached hydrogen (secondary N) is 1. The Morgan fingerprint density at radius 3 is 2.75 bits per heavy atom. The van der Waals surface area contributed by atoms with Crippen LogP contribution in [0.3, 0.4) is 0 Å². The fourth-order valence-corrected chi connectivity index (χ4v) is 4.08. The second-order valence-electron chi connectivity index (χ2n) is 5.98. The van der Waals surface area contributed by atoms with Crippen LogP contribution in [0.5, 0.6) is 0 Å². The van der Waals surface area contributed by atoms with Gasteiger partial charge in [-0.25, -0.2) is 9.48 Å². The number of carbonyl (C=O) groups excluding carboxylic acids is 1. The molecular weight excluding hydrogens is 324 g/mol. The van der Waals surface area contributed by atoms with Crippen molar-refractivity contribution < 1.29 is 9.00 Å². The first-order chi connectivity index (χ1) is 11.6. The zero-order valence-corrected chi connectivity index (χ0v) is 14.5. The molecule has 1 N–H and O–H groups in total. The molecular formula is C17H22N4O2S. The Kier molecular flexibility index (Phi) is 5.30. The topological polar surface area (TPSA) is 67.2 Å². The van der Waals surface area contributed by atoms with Gasteiger partial charge in [0.2, 0.25) is 0 Å². The van der Waals surface area contributed by atoms with Crippen LogP contribution < -0.4 is 5.32 Å². The molecule has 0 spiro atoms. The summed E-state index contributed by atoms with van der Waals surface area (Å²) in [6.45, 7) is 0.439. The quantitative estimate of drug-likeness (QED) is 0.920. The van der Waals surface area contributed by atoms with Gasteiger partial charge in [-0.1, -0.05) is 18.2 Å². The van der Waals surface area contributed by atoms with Crippen LogP contribution in [0.1, 0.15) is 18.4 Å². The standard InChI is InChI=1S/C17H22N4O2S/c1-20(15-7-9-24(23)10-8-15)17(22)18-11-14-12-19-21(13-14)16-5-3-2-4-6-16/h2-6,12-13,15H,7-11H2,1H3,(H,18,22). The molecule has 0 bridgehead atoms. The minimum absolute atomic E-state index is 0.0971. The molecule has 3 rings (SSSR count). The van der Waals surface area contributed by atoms with E-state index in [2.05, 4.69) is 10.4 Å². The van der Waals surface area contributed by atoms with Gasteiger partial charge in [0.1, 0.15) is 0 Å². The minimum Gasteiger partial charge on any atom is -0.334 e. The number of carbonyl (C=O) groups is 1. The van der Waals surface area contributed by atoms with Crippen LogP contribution in [-0.4, -0.2) is 49.5 Å². The van der Waals surface area contributed by atoms with Gasteiger partial charge >= 0.3 is 6.03 Å². The minimum atomic E-state index is -0.709. The highest BCUT2D eigenvalue weighted by molar-refractivity contribution is 7.85. The van der Waals surface area contributed by atoms with E-state index < -0.39 is 10.8 Å². The van der Waals surface area contributed by atoms with Crippen LogP contribution in [0.2, 0.25) is 0 Å². The molecule has 24 heavy (non-hydrogen) atoms. The number of aromatic nitrogens is 2. The lowest BCUT2D eigenvalue weighted by atomic mass is 10.1. The van der Waals surface area contributed by atoms with Gasteiger partial charge in [0.05, 0.1) is 11.9 Å². The molecule has 128 valence electrons. The summed E-state index contributed by atoms with van der Waals surface area (Å²) in [5, 5.41) is 7.26. The summed E-state index contributed by atoms with van der Waals surface area (Å²) in [4.78, 5) is 14.0. The van der Waals surface area contributed by atoms with Crippen molar-refractivity contribution in [2.45, 2.75) is 25.4 Å². The Morgan fingerprint density at radius 2 is 2.04 bits per heavy atom. The maximum absolute atomic E-state index is 12.3. The number of amides is 2. The van der Waals surface area contributed by atoms with Gasteiger partial charge in [-0.2, -0.15) is 5.10 Å². The van der Waals surface area contributed by atoms with Gasteiger partial charge < -0.3 is 10.2 Å². The lowest BCUT2D eigenvalue weighted by Gasteiger charge is -2.30. The lowest BCUT2D eigenvalue weighted by molar-refractivity contribution is 0.185. The van der Waals surface area contributed by atoms with Crippen molar-refractivity contribution >= 4 is 16.8 Å². The second-order valence-corrected chi connectivity index (χ2v) is 7.67. The molecule has 2 aromatic rings.